The Morgan fingerprint density at radius 3 is 2.83 bits per heavy atom. The average molecular weight is 230 g/mol. The summed E-state index contributed by atoms with van der Waals surface area (Å²) in [7, 11) is 0. The molecule has 0 spiro atoms. The Morgan fingerprint density at radius 2 is 2.33 bits per heavy atom. The van der Waals surface area contributed by atoms with Crippen LogP contribution in [0.15, 0.2) is 15.5 Å². The fraction of sp³-hybridized carbons (Fsp3) is 0.429. The van der Waals surface area contributed by atoms with Crippen LogP contribution in [-0.2, 0) is 5.54 Å². The Labute approximate surface area is 77.3 Å². The Balaban J connectivity index is 2.48. The standard InChI is InChI=1S/C7H8BrN3O/c8-4-3-10-6(11-5(4)12)7(9)1-2-7/h3H,1-2,9H2,(H,10,11,12). The number of halogens is 1. The molecule has 0 bridgehead atoms. The van der Waals surface area contributed by atoms with Crippen LogP contribution >= 0.6 is 15.9 Å². The number of rotatable bonds is 1. The molecule has 1 aliphatic carbocycles. The molecule has 1 aliphatic rings. The van der Waals surface area contributed by atoms with Gasteiger partial charge in [-0.15, -0.1) is 0 Å². The zero-order valence-electron chi connectivity index (χ0n) is 6.30. The molecule has 0 aliphatic heterocycles. The second-order valence-electron chi connectivity index (χ2n) is 3.07. The lowest BCUT2D eigenvalue weighted by Crippen LogP contribution is -2.25. The van der Waals surface area contributed by atoms with Crippen molar-refractivity contribution >= 4 is 15.9 Å². The molecule has 0 saturated heterocycles. The van der Waals surface area contributed by atoms with Gasteiger partial charge in [-0.05, 0) is 28.8 Å². The fourth-order valence-corrected chi connectivity index (χ4v) is 1.21. The number of aromatic amines is 1. The normalized spacial score (nSPS) is 19.2. The summed E-state index contributed by atoms with van der Waals surface area (Å²) in [5.41, 5.74) is 5.31. The quantitative estimate of drug-likeness (QED) is 0.736. The van der Waals surface area contributed by atoms with E-state index >= 15 is 0 Å². The summed E-state index contributed by atoms with van der Waals surface area (Å²) in [6, 6.07) is 0. The van der Waals surface area contributed by atoms with Crippen LogP contribution in [0.3, 0.4) is 0 Å². The molecule has 12 heavy (non-hydrogen) atoms. The van der Waals surface area contributed by atoms with Gasteiger partial charge in [-0.2, -0.15) is 0 Å². The van der Waals surface area contributed by atoms with Crippen LogP contribution in [0.1, 0.15) is 18.7 Å². The molecule has 5 heteroatoms. The van der Waals surface area contributed by atoms with E-state index in [1.54, 1.807) is 0 Å². The first-order valence-electron chi connectivity index (χ1n) is 3.66. The lowest BCUT2D eigenvalue weighted by atomic mass is 10.3. The number of hydrogen-bond acceptors (Lipinski definition) is 3. The van der Waals surface area contributed by atoms with Gasteiger partial charge < -0.3 is 10.7 Å². The summed E-state index contributed by atoms with van der Waals surface area (Å²) in [6.45, 7) is 0. The van der Waals surface area contributed by atoms with Crippen molar-refractivity contribution in [3.63, 3.8) is 0 Å². The lowest BCUT2D eigenvalue weighted by Gasteiger charge is -2.05. The van der Waals surface area contributed by atoms with Gasteiger partial charge in [-0.25, -0.2) is 4.98 Å². The highest BCUT2D eigenvalue weighted by Crippen LogP contribution is 2.40. The van der Waals surface area contributed by atoms with Gasteiger partial charge in [0.15, 0.2) is 0 Å². The van der Waals surface area contributed by atoms with Crippen molar-refractivity contribution in [1.82, 2.24) is 9.97 Å². The summed E-state index contributed by atoms with van der Waals surface area (Å²) in [5.74, 6) is 0.593. The number of hydrogen-bond donors (Lipinski definition) is 2. The molecule has 0 amide bonds. The van der Waals surface area contributed by atoms with Crippen LogP contribution in [0, 0.1) is 0 Å². The van der Waals surface area contributed by atoms with E-state index in [1.165, 1.54) is 6.20 Å². The van der Waals surface area contributed by atoms with Gasteiger partial charge in [0.2, 0.25) is 0 Å². The minimum absolute atomic E-state index is 0.170. The van der Waals surface area contributed by atoms with E-state index in [0.717, 1.165) is 12.8 Å². The predicted octanol–water partition coefficient (Wildman–Crippen LogP) is 0.480. The van der Waals surface area contributed by atoms with Gasteiger partial charge in [0.1, 0.15) is 10.3 Å². The first-order chi connectivity index (χ1) is 5.62. The van der Waals surface area contributed by atoms with Gasteiger partial charge in [-0.1, -0.05) is 0 Å². The highest BCUT2D eigenvalue weighted by atomic mass is 79.9. The van der Waals surface area contributed by atoms with Crippen LogP contribution in [0.2, 0.25) is 0 Å². The van der Waals surface area contributed by atoms with Gasteiger partial charge in [-0.3, -0.25) is 4.79 Å². The van der Waals surface area contributed by atoms with Gasteiger partial charge in [0.05, 0.1) is 5.54 Å². The largest absolute Gasteiger partial charge is 0.319 e. The Morgan fingerprint density at radius 1 is 1.67 bits per heavy atom. The van der Waals surface area contributed by atoms with Crippen molar-refractivity contribution in [2.45, 2.75) is 18.4 Å². The SMILES string of the molecule is NC1(c2ncc(Br)c(=O)[nH]2)CC1. The maximum absolute atomic E-state index is 11.1. The van der Waals surface area contributed by atoms with Crippen molar-refractivity contribution in [2.24, 2.45) is 5.73 Å². The lowest BCUT2D eigenvalue weighted by molar-refractivity contribution is 0.665. The number of nitrogens with two attached hydrogens (primary N) is 1. The number of H-pyrrole nitrogens is 1. The topological polar surface area (TPSA) is 71.8 Å². The van der Waals surface area contributed by atoms with E-state index in [9.17, 15) is 4.79 Å². The molecule has 2 rings (SSSR count). The molecule has 0 radical (unpaired) electrons. The Bertz CT molecular complexity index is 369. The van der Waals surface area contributed by atoms with E-state index in [0.29, 0.717) is 10.3 Å². The second-order valence-corrected chi connectivity index (χ2v) is 3.92. The molecule has 0 aromatic carbocycles. The Hall–Kier alpha value is -0.680. The summed E-state index contributed by atoms with van der Waals surface area (Å²) in [6.07, 6.45) is 3.29. The summed E-state index contributed by atoms with van der Waals surface area (Å²) in [5, 5.41) is 0. The minimum atomic E-state index is -0.361. The van der Waals surface area contributed by atoms with Gasteiger partial charge >= 0.3 is 0 Å². The van der Waals surface area contributed by atoms with Crippen LogP contribution < -0.4 is 11.3 Å². The van der Waals surface area contributed by atoms with Crippen LogP contribution in [0.5, 0.6) is 0 Å². The monoisotopic (exact) mass is 229 g/mol. The smallest absolute Gasteiger partial charge is 0.265 e. The van der Waals surface area contributed by atoms with Crippen molar-refractivity contribution in [3.8, 4) is 0 Å². The molecule has 0 atom stereocenters. The molecule has 1 heterocycles. The number of nitrogens with one attached hydrogen (secondary N) is 1. The predicted molar refractivity (Wildman–Crippen MR) is 47.7 cm³/mol. The van der Waals surface area contributed by atoms with Gasteiger partial charge in [0.25, 0.3) is 5.56 Å². The summed E-state index contributed by atoms with van der Waals surface area (Å²) in [4.78, 5) is 17.8. The zero-order chi connectivity index (χ0) is 8.77. The first kappa shape index (κ1) is 7.94. The summed E-state index contributed by atoms with van der Waals surface area (Å²) < 4.78 is 0.440. The third kappa shape index (κ3) is 1.19. The molecule has 4 nitrogen and oxygen atoms in total. The van der Waals surface area contributed by atoms with Crippen molar-refractivity contribution < 1.29 is 0 Å². The molecule has 1 aromatic heterocycles. The molecular weight excluding hydrogens is 222 g/mol. The molecule has 64 valence electrons. The maximum atomic E-state index is 11.1. The van der Waals surface area contributed by atoms with Crippen molar-refractivity contribution in [1.29, 1.82) is 0 Å². The number of aromatic nitrogens is 2. The molecule has 3 N–H and O–H groups in total. The third-order valence-electron chi connectivity index (χ3n) is 2.02. The van der Waals surface area contributed by atoms with E-state index in [-0.39, 0.29) is 11.1 Å². The molecule has 1 fully saturated rings. The molecule has 1 aromatic rings. The van der Waals surface area contributed by atoms with Gasteiger partial charge in [0, 0.05) is 6.20 Å². The zero-order valence-corrected chi connectivity index (χ0v) is 7.89. The Kier molecular flexibility index (Phi) is 1.59. The highest BCUT2D eigenvalue weighted by Gasteiger charge is 2.42. The fourth-order valence-electron chi connectivity index (χ4n) is 1.00. The van der Waals surface area contributed by atoms with E-state index in [4.69, 9.17) is 5.73 Å². The third-order valence-corrected chi connectivity index (χ3v) is 2.58. The average Bonchev–Trinajstić information content (AvgIpc) is 2.75. The van der Waals surface area contributed by atoms with E-state index in [1.807, 2.05) is 0 Å². The molecule has 0 unspecified atom stereocenters. The second kappa shape index (κ2) is 2.40. The van der Waals surface area contributed by atoms with Crippen LogP contribution in [0.25, 0.3) is 0 Å². The van der Waals surface area contributed by atoms with Crippen LogP contribution in [0.4, 0.5) is 0 Å². The van der Waals surface area contributed by atoms with E-state index in [2.05, 4.69) is 25.9 Å². The van der Waals surface area contributed by atoms with E-state index < -0.39 is 0 Å². The first-order valence-corrected chi connectivity index (χ1v) is 4.45. The van der Waals surface area contributed by atoms with Crippen molar-refractivity contribution in [3.05, 3.63) is 26.8 Å². The maximum Gasteiger partial charge on any atom is 0.265 e. The molecular formula is C7H8BrN3O. The van der Waals surface area contributed by atoms with Crippen LogP contribution in [-0.4, -0.2) is 9.97 Å². The molecule has 1 saturated carbocycles. The summed E-state index contributed by atoms with van der Waals surface area (Å²) >= 11 is 3.07. The highest BCUT2D eigenvalue weighted by molar-refractivity contribution is 9.10. The van der Waals surface area contributed by atoms with Crippen molar-refractivity contribution in [2.75, 3.05) is 0 Å². The minimum Gasteiger partial charge on any atom is -0.319 e. The number of nitrogens with zero attached hydrogens (tertiary/aromatic N) is 1.